The van der Waals surface area contributed by atoms with Gasteiger partial charge in [-0.1, -0.05) is 5.16 Å². The van der Waals surface area contributed by atoms with E-state index in [1.54, 1.807) is 12.4 Å². The molecule has 2 aromatic heterocycles. The van der Waals surface area contributed by atoms with Crippen molar-refractivity contribution in [2.45, 2.75) is 18.6 Å². The molecular weight excluding hydrogens is 270 g/mol. The van der Waals surface area contributed by atoms with Gasteiger partial charge in [-0.2, -0.15) is 4.98 Å². The van der Waals surface area contributed by atoms with Gasteiger partial charge in [0.05, 0.1) is 23.2 Å². The zero-order valence-corrected chi connectivity index (χ0v) is 11.1. The van der Waals surface area contributed by atoms with E-state index in [1.165, 1.54) is 0 Å². The van der Waals surface area contributed by atoms with Gasteiger partial charge in [0.25, 0.3) is 0 Å². The van der Waals surface area contributed by atoms with E-state index < -0.39 is 0 Å². The van der Waals surface area contributed by atoms with Gasteiger partial charge in [0.15, 0.2) is 0 Å². The predicted molar refractivity (Wildman–Crippen MR) is 74.2 cm³/mol. The number of nitrogens with zero attached hydrogens (tertiary/aromatic N) is 4. The highest BCUT2D eigenvalue weighted by atomic mass is 16.5. The van der Waals surface area contributed by atoms with Crippen LogP contribution in [0.5, 0.6) is 0 Å². The number of β-amino-alcohol motifs (C(OH)–C–C–N with tert-alkyl or cyclic N) is 1. The van der Waals surface area contributed by atoms with Crippen molar-refractivity contribution in [1.29, 1.82) is 0 Å². The number of rotatable bonds is 2. The van der Waals surface area contributed by atoms with Gasteiger partial charge in [0, 0.05) is 24.5 Å². The Balaban J connectivity index is 1.67. The molecule has 1 aliphatic rings. The van der Waals surface area contributed by atoms with Crippen molar-refractivity contribution in [1.82, 2.24) is 25.4 Å². The Hall–Kier alpha value is -2.38. The maximum absolute atomic E-state index is 9.54. The summed E-state index contributed by atoms with van der Waals surface area (Å²) in [6, 6.07) is 5.57. The van der Waals surface area contributed by atoms with E-state index in [1.807, 2.05) is 18.2 Å². The summed E-state index contributed by atoms with van der Waals surface area (Å²) in [5.74, 6) is 1.02. The topological polar surface area (TPSA) is 97.0 Å². The van der Waals surface area contributed by atoms with E-state index in [0.29, 0.717) is 24.7 Å². The number of aliphatic hydroxyl groups is 1. The van der Waals surface area contributed by atoms with Crippen LogP contribution in [0.1, 0.15) is 18.4 Å². The smallest absolute Gasteiger partial charge is 0.244 e. The van der Waals surface area contributed by atoms with E-state index in [-0.39, 0.29) is 12.1 Å². The molecule has 1 aromatic carbocycles. The standard InChI is InChI=1S/C14H13N5O2/c20-9-6-12(17-7-9)14-18-13(19-21-14)8-1-2-10-11(5-8)16-4-3-15-10/h1-5,9,12,17,20H,6-7H2/t9-,12+/m1/s1. The number of aliphatic hydroxyl groups excluding tert-OH is 1. The van der Waals surface area contributed by atoms with Gasteiger partial charge in [0.2, 0.25) is 11.7 Å². The van der Waals surface area contributed by atoms with Crippen molar-refractivity contribution in [3.05, 3.63) is 36.5 Å². The van der Waals surface area contributed by atoms with Crippen LogP contribution in [0.2, 0.25) is 0 Å². The Morgan fingerprint density at radius 3 is 2.86 bits per heavy atom. The third-order valence-corrected chi connectivity index (χ3v) is 3.58. The van der Waals surface area contributed by atoms with E-state index in [2.05, 4.69) is 25.4 Å². The summed E-state index contributed by atoms with van der Waals surface area (Å²) in [6.45, 7) is 0.550. The highest BCUT2D eigenvalue weighted by Crippen LogP contribution is 2.25. The zero-order chi connectivity index (χ0) is 14.2. The van der Waals surface area contributed by atoms with Gasteiger partial charge in [0.1, 0.15) is 0 Å². The molecule has 4 rings (SSSR count). The molecule has 0 bridgehead atoms. The van der Waals surface area contributed by atoms with Gasteiger partial charge in [-0.25, -0.2) is 0 Å². The lowest BCUT2D eigenvalue weighted by Crippen LogP contribution is -2.15. The Labute approximate surface area is 120 Å². The molecule has 0 spiro atoms. The van der Waals surface area contributed by atoms with Crippen LogP contribution in [0.15, 0.2) is 35.1 Å². The van der Waals surface area contributed by atoms with Crippen LogP contribution in [-0.4, -0.2) is 37.9 Å². The lowest BCUT2D eigenvalue weighted by atomic mass is 10.2. The van der Waals surface area contributed by atoms with Crippen LogP contribution in [0.25, 0.3) is 22.4 Å². The molecule has 0 saturated carbocycles. The molecular formula is C14H13N5O2. The average molecular weight is 283 g/mol. The second-order valence-corrected chi connectivity index (χ2v) is 5.07. The molecule has 1 saturated heterocycles. The van der Waals surface area contributed by atoms with Crippen LogP contribution in [0.3, 0.4) is 0 Å². The largest absolute Gasteiger partial charge is 0.392 e. The number of aromatic nitrogens is 4. The van der Waals surface area contributed by atoms with Crippen molar-refractivity contribution < 1.29 is 9.63 Å². The zero-order valence-electron chi connectivity index (χ0n) is 11.1. The third-order valence-electron chi connectivity index (χ3n) is 3.58. The van der Waals surface area contributed by atoms with Crippen molar-refractivity contribution in [2.75, 3.05) is 6.54 Å². The summed E-state index contributed by atoms with van der Waals surface area (Å²) in [5.41, 5.74) is 2.44. The molecule has 0 aliphatic carbocycles. The Morgan fingerprint density at radius 2 is 2.05 bits per heavy atom. The van der Waals surface area contributed by atoms with Crippen molar-refractivity contribution >= 4 is 11.0 Å². The lowest BCUT2D eigenvalue weighted by Gasteiger charge is -2.01. The average Bonchev–Trinajstić information content (AvgIpc) is 3.15. The van der Waals surface area contributed by atoms with E-state index in [0.717, 1.165) is 16.6 Å². The lowest BCUT2D eigenvalue weighted by molar-refractivity contribution is 0.191. The van der Waals surface area contributed by atoms with Crippen molar-refractivity contribution in [3.63, 3.8) is 0 Å². The van der Waals surface area contributed by atoms with Crippen LogP contribution < -0.4 is 5.32 Å². The fourth-order valence-corrected chi connectivity index (χ4v) is 2.50. The Morgan fingerprint density at radius 1 is 1.19 bits per heavy atom. The first kappa shape index (κ1) is 12.4. The normalized spacial score (nSPS) is 22.0. The highest BCUT2D eigenvalue weighted by Gasteiger charge is 2.28. The first-order valence-corrected chi connectivity index (χ1v) is 6.76. The number of benzene rings is 1. The minimum absolute atomic E-state index is 0.0819. The van der Waals surface area contributed by atoms with E-state index in [9.17, 15) is 5.11 Å². The van der Waals surface area contributed by atoms with Gasteiger partial charge in [-0.05, 0) is 24.6 Å². The molecule has 0 amide bonds. The second-order valence-electron chi connectivity index (χ2n) is 5.07. The first-order valence-electron chi connectivity index (χ1n) is 6.76. The number of hydrogen-bond acceptors (Lipinski definition) is 7. The molecule has 2 atom stereocenters. The van der Waals surface area contributed by atoms with Gasteiger partial charge >= 0.3 is 0 Å². The molecule has 7 heteroatoms. The molecule has 7 nitrogen and oxygen atoms in total. The van der Waals surface area contributed by atoms with E-state index in [4.69, 9.17) is 4.52 Å². The van der Waals surface area contributed by atoms with Crippen LogP contribution >= 0.6 is 0 Å². The third kappa shape index (κ3) is 2.26. The van der Waals surface area contributed by atoms with E-state index >= 15 is 0 Å². The molecule has 3 aromatic rings. The van der Waals surface area contributed by atoms with Crippen LogP contribution in [0.4, 0.5) is 0 Å². The summed E-state index contributed by atoms with van der Waals surface area (Å²) in [7, 11) is 0. The molecule has 106 valence electrons. The summed E-state index contributed by atoms with van der Waals surface area (Å²) in [6.07, 6.45) is 3.54. The molecule has 0 radical (unpaired) electrons. The summed E-state index contributed by atoms with van der Waals surface area (Å²) in [5, 5.41) is 16.7. The molecule has 2 N–H and O–H groups in total. The van der Waals surface area contributed by atoms with Crippen molar-refractivity contribution in [2.24, 2.45) is 0 Å². The number of nitrogens with one attached hydrogen (secondary N) is 1. The fourth-order valence-electron chi connectivity index (χ4n) is 2.50. The molecule has 1 aliphatic heterocycles. The maximum Gasteiger partial charge on any atom is 0.244 e. The fraction of sp³-hybridized carbons (Fsp3) is 0.286. The maximum atomic E-state index is 9.54. The quantitative estimate of drug-likeness (QED) is 0.726. The number of hydrogen-bond donors (Lipinski definition) is 2. The summed E-state index contributed by atoms with van der Waals surface area (Å²) in [4.78, 5) is 12.9. The molecule has 3 heterocycles. The number of fused-ring (bicyclic) bond motifs is 1. The highest BCUT2D eigenvalue weighted by molar-refractivity contribution is 5.79. The summed E-state index contributed by atoms with van der Waals surface area (Å²) < 4.78 is 5.29. The Kier molecular flexibility index (Phi) is 2.87. The minimum atomic E-state index is -0.360. The van der Waals surface area contributed by atoms with Gasteiger partial charge in [-0.15, -0.1) is 0 Å². The first-order chi connectivity index (χ1) is 10.3. The van der Waals surface area contributed by atoms with Crippen LogP contribution in [0, 0.1) is 0 Å². The van der Waals surface area contributed by atoms with Crippen molar-refractivity contribution in [3.8, 4) is 11.4 Å². The second kappa shape index (κ2) is 4.87. The monoisotopic (exact) mass is 283 g/mol. The Bertz CT molecular complexity index is 788. The van der Waals surface area contributed by atoms with Crippen LogP contribution in [-0.2, 0) is 0 Å². The SMILES string of the molecule is O[C@H]1CN[C@H](c2nc(-c3ccc4nccnc4c3)no2)C1. The minimum Gasteiger partial charge on any atom is -0.392 e. The predicted octanol–water partition coefficient (Wildman–Crippen LogP) is 1.08. The molecule has 0 unspecified atom stereocenters. The molecule has 1 fully saturated rings. The molecule has 21 heavy (non-hydrogen) atoms. The van der Waals surface area contributed by atoms with Gasteiger partial charge < -0.3 is 14.9 Å². The summed E-state index contributed by atoms with van der Waals surface area (Å²) >= 11 is 0. The van der Waals surface area contributed by atoms with Gasteiger partial charge in [-0.3, -0.25) is 9.97 Å².